The van der Waals surface area contributed by atoms with Crippen molar-refractivity contribution in [3.8, 4) is 0 Å². The summed E-state index contributed by atoms with van der Waals surface area (Å²) in [5.74, 6) is -0.658. The van der Waals surface area contributed by atoms with Gasteiger partial charge in [0, 0.05) is 59.8 Å². The molecule has 276 valence electrons. The first-order valence-corrected chi connectivity index (χ1v) is 20.1. The van der Waals surface area contributed by atoms with Crippen molar-refractivity contribution in [2.24, 2.45) is 5.92 Å². The number of nitrogens with zero attached hydrogens (tertiary/aromatic N) is 3. The van der Waals surface area contributed by atoms with Gasteiger partial charge in [-0.3, -0.25) is 29.0 Å². The Morgan fingerprint density at radius 3 is 1.38 bits per heavy atom. The van der Waals surface area contributed by atoms with Crippen molar-refractivity contribution in [1.29, 1.82) is 0 Å². The molecule has 0 unspecified atom stereocenters. The summed E-state index contributed by atoms with van der Waals surface area (Å²) in [6.45, 7) is 6.57. The lowest BCUT2D eigenvalue weighted by atomic mass is 9.82. The van der Waals surface area contributed by atoms with Crippen LogP contribution in [-0.2, 0) is 4.74 Å². The van der Waals surface area contributed by atoms with E-state index in [4.69, 9.17) is 4.74 Å². The third-order valence-electron chi connectivity index (χ3n) is 12.3. The maximum absolute atomic E-state index is 14.1. The van der Waals surface area contributed by atoms with Crippen LogP contribution >= 0.6 is 0 Å². The molecule has 0 N–H and O–H groups in total. The molecule has 8 heteroatoms. The van der Waals surface area contributed by atoms with Gasteiger partial charge in [0.15, 0.2) is 0 Å². The fraction of sp³-hybridized carbons (Fsp3) is 0.467. The largest absolute Gasteiger partial charge is 0.383 e. The zero-order chi connectivity index (χ0) is 36.6. The number of imide groups is 2. The number of likely N-dealkylation sites (tertiary alicyclic amines) is 1. The van der Waals surface area contributed by atoms with E-state index in [2.05, 4.69) is 11.8 Å². The van der Waals surface area contributed by atoms with Crippen molar-refractivity contribution in [2.45, 2.75) is 84.0 Å². The summed E-state index contributed by atoms with van der Waals surface area (Å²) >= 11 is 0. The standard InChI is InChI=1S/C45H51N3O5/c1-3-4-5-6-7-8-9-10-11-12-23-47-42(49)34-17-13-30-32-15-19-36-41-37(20-16-33(39(32)41)31-14-18-35(43(47)50)40(34)38(30)31)45(52)48(44(36)51)28-29-21-24-46(25-22-29)26-27-53-2/h13-20,29H,3-12,21-28H2,1-2H3. The van der Waals surface area contributed by atoms with Gasteiger partial charge in [0.2, 0.25) is 0 Å². The van der Waals surface area contributed by atoms with Crippen molar-refractivity contribution in [1.82, 2.24) is 14.7 Å². The van der Waals surface area contributed by atoms with Gasteiger partial charge in [0.05, 0.1) is 6.61 Å². The van der Waals surface area contributed by atoms with E-state index in [1.807, 2.05) is 48.5 Å². The molecule has 4 amide bonds. The number of unbranched alkanes of at least 4 members (excludes halogenated alkanes) is 9. The Balaban J connectivity index is 1.05. The zero-order valence-corrected chi connectivity index (χ0v) is 31.3. The van der Waals surface area contributed by atoms with Crippen LogP contribution in [0.15, 0.2) is 48.5 Å². The number of fused-ring (bicyclic) bond motifs is 2. The molecule has 0 radical (unpaired) electrons. The predicted molar refractivity (Wildman–Crippen MR) is 211 cm³/mol. The second-order valence-corrected chi connectivity index (χ2v) is 15.6. The highest BCUT2D eigenvalue weighted by atomic mass is 16.5. The number of carbonyl (C=O) groups is 4. The van der Waals surface area contributed by atoms with Crippen LogP contribution in [-0.4, -0.2) is 84.8 Å². The van der Waals surface area contributed by atoms with Crippen molar-refractivity contribution in [3.05, 3.63) is 70.8 Å². The van der Waals surface area contributed by atoms with Gasteiger partial charge >= 0.3 is 0 Å². The number of carbonyl (C=O) groups excluding carboxylic acids is 4. The van der Waals surface area contributed by atoms with Crippen LogP contribution < -0.4 is 0 Å². The summed E-state index contributed by atoms with van der Waals surface area (Å²) in [6, 6.07) is 15.4. The third kappa shape index (κ3) is 6.27. The van der Waals surface area contributed by atoms with Crippen LogP contribution in [0.1, 0.15) is 125 Å². The number of ether oxygens (including phenoxy) is 1. The minimum absolute atomic E-state index is 0.227. The van der Waals surface area contributed by atoms with E-state index in [1.54, 1.807) is 7.11 Å². The van der Waals surface area contributed by atoms with Gasteiger partial charge in [-0.25, -0.2) is 0 Å². The summed E-state index contributed by atoms with van der Waals surface area (Å²) in [5, 5.41) is 6.87. The highest BCUT2D eigenvalue weighted by Crippen LogP contribution is 2.46. The number of rotatable bonds is 16. The molecule has 0 saturated carbocycles. The maximum atomic E-state index is 14.1. The minimum Gasteiger partial charge on any atom is -0.383 e. The number of hydrogen-bond donors (Lipinski definition) is 0. The smallest absolute Gasteiger partial charge is 0.261 e. The first-order valence-electron chi connectivity index (χ1n) is 20.1. The van der Waals surface area contributed by atoms with Gasteiger partial charge in [0.25, 0.3) is 23.6 Å². The highest BCUT2D eigenvalue weighted by Gasteiger charge is 2.38. The fourth-order valence-corrected chi connectivity index (χ4v) is 9.37. The average molecular weight is 714 g/mol. The van der Waals surface area contributed by atoms with Crippen molar-refractivity contribution < 1.29 is 23.9 Å². The number of hydrogen-bond acceptors (Lipinski definition) is 6. The summed E-state index contributed by atoms with van der Waals surface area (Å²) in [4.78, 5) is 61.3. The van der Waals surface area contributed by atoms with E-state index in [9.17, 15) is 19.2 Å². The third-order valence-corrected chi connectivity index (χ3v) is 12.3. The Morgan fingerprint density at radius 2 is 0.943 bits per heavy atom. The molecule has 3 aliphatic rings. The van der Waals surface area contributed by atoms with Gasteiger partial charge in [-0.1, -0.05) is 89.0 Å². The van der Waals surface area contributed by atoms with Gasteiger partial charge in [-0.15, -0.1) is 0 Å². The second kappa shape index (κ2) is 15.2. The Kier molecular flexibility index (Phi) is 10.2. The van der Waals surface area contributed by atoms with Crippen LogP contribution in [0.3, 0.4) is 0 Å². The molecule has 8 rings (SSSR count). The molecular weight excluding hydrogens is 663 g/mol. The Labute approximate surface area is 311 Å². The maximum Gasteiger partial charge on any atom is 0.261 e. The molecule has 8 nitrogen and oxygen atoms in total. The average Bonchev–Trinajstić information content (AvgIpc) is 3.18. The highest BCUT2D eigenvalue weighted by molar-refractivity contribution is 6.41. The molecule has 0 atom stereocenters. The van der Waals surface area contributed by atoms with E-state index in [0.717, 1.165) is 84.1 Å². The Hall–Kier alpha value is -4.40. The van der Waals surface area contributed by atoms with E-state index in [0.29, 0.717) is 52.7 Å². The van der Waals surface area contributed by atoms with E-state index >= 15 is 0 Å². The van der Waals surface area contributed by atoms with E-state index < -0.39 is 0 Å². The summed E-state index contributed by atoms with van der Waals surface area (Å²) in [7, 11) is 1.72. The van der Waals surface area contributed by atoms with Gasteiger partial charge in [-0.2, -0.15) is 0 Å². The molecule has 1 saturated heterocycles. The normalized spacial score (nSPS) is 16.9. The number of methoxy groups -OCH3 is 1. The summed E-state index contributed by atoms with van der Waals surface area (Å²) in [5.41, 5.74) is 2.23. The molecule has 1 fully saturated rings. The van der Waals surface area contributed by atoms with Crippen LogP contribution in [0.4, 0.5) is 0 Å². The monoisotopic (exact) mass is 713 g/mol. The van der Waals surface area contributed by atoms with E-state index in [-0.39, 0.29) is 29.5 Å². The van der Waals surface area contributed by atoms with Gasteiger partial charge < -0.3 is 9.64 Å². The van der Waals surface area contributed by atoms with Crippen LogP contribution in [0.5, 0.6) is 0 Å². The van der Waals surface area contributed by atoms with E-state index in [1.165, 1.54) is 54.7 Å². The molecule has 3 heterocycles. The molecule has 0 spiro atoms. The van der Waals surface area contributed by atoms with Crippen LogP contribution in [0, 0.1) is 5.92 Å². The quantitative estimate of drug-likeness (QED) is 0.0439. The summed E-state index contributed by atoms with van der Waals surface area (Å²) in [6.07, 6.45) is 13.8. The van der Waals surface area contributed by atoms with Gasteiger partial charge in [0.1, 0.15) is 0 Å². The van der Waals surface area contributed by atoms with Gasteiger partial charge in [-0.05, 0) is 94.9 Å². The van der Waals surface area contributed by atoms with Crippen LogP contribution in [0.25, 0.3) is 43.1 Å². The first-order chi connectivity index (χ1) is 25.9. The lowest BCUT2D eigenvalue weighted by Crippen LogP contribution is -2.45. The number of amides is 4. The zero-order valence-electron chi connectivity index (χ0n) is 31.3. The lowest BCUT2D eigenvalue weighted by Gasteiger charge is -2.35. The van der Waals surface area contributed by atoms with Crippen molar-refractivity contribution in [2.75, 3.05) is 46.4 Å². The fourth-order valence-electron chi connectivity index (χ4n) is 9.37. The molecular formula is C45H51N3O5. The second-order valence-electron chi connectivity index (χ2n) is 15.6. The topological polar surface area (TPSA) is 87.2 Å². The number of benzene rings is 5. The Bertz CT molecular complexity index is 2100. The van der Waals surface area contributed by atoms with Crippen molar-refractivity contribution >= 4 is 66.7 Å². The minimum atomic E-state index is -0.234. The lowest BCUT2D eigenvalue weighted by molar-refractivity contribution is 0.0542. The Morgan fingerprint density at radius 1 is 0.528 bits per heavy atom. The molecule has 0 bridgehead atoms. The molecule has 5 aromatic rings. The summed E-state index contributed by atoms with van der Waals surface area (Å²) < 4.78 is 5.24. The van der Waals surface area contributed by atoms with Crippen LogP contribution in [0.2, 0.25) is 0 Å². The molecule has 0 aromatic heterocycles. The molecule has 3 aliphatic heterocycles. The van der Waals surface area contributed by atoms with Crippen molar-refractivity contribution in [3.63, 3.8) is 0 Å². The molecule has 5 aromatic carbocycles. The molecule has 0 aliphatic carbocycles. The first kappa shape index (κ1) is 35.6. The number of piperidine rings is 1. The predicted octanol–water partition coefficient (Wildman–Crippen LogP) is 9.21. The SMILES string of the molecule is CCCCCCCCCCCCN1C(=O)c2ccc3c4ccc5c6c(ccc(c7ccc(c2c37)C1=O)c64)C(=O)N(CC1CCN(CCOC)CC1)C5=O. The molecule has 53 heavy (non-hydrogen) atoms.